The molecule has 4 rings (SSSR count). The number of sulfonamides is 1. The Kier molecular flexibility index (Phi) is 4.39. The van der Waals surface area contributed by atoms with Crippen molar-refractivity contribution in [1.82, 2.24) is 0 Å². The molecule has 1 N–H and O–H groups in total. The summed E-state index contributed by atoms with van der Waals surface area (Å²) < 4.78 is 27.1. The number of rotatable bonds is 5. The summed E-state index contributed by atoms with van der Waals surface area (Å²) in [6.45, 7) is 1.52. The van der Waals surface area contributed by atoms with Gasteiger partial charge in [-0.15, -0.1) is 0 Å². The summed E-state index contributed by atoms with van der Waals surface area (Å²) in [7, 11) is -3.67. The summed E-state index contributed by atoms with van der Waals surface area (Å²) >= 11 is 0. The third kappa shape index (κ3) is 3.03. The van der Waals surface area contributed by atoms with Crippen LogP contribution in [0.3, 0.4) is 0 Å². The first-order valence-electron chi connectivity index (χ1n) is 8.83. The van der Waals surface area contributed by atoms with E-state index in [1.807, 2.05) is 18.2 Å². The Labute approximate surface area is 162 Å². The van der Waals surface area contributed by atoms with E-state index in [0.29, 0.717) is 22.3 Å². The third-order valence-electron chi connectivity index (χ3n) is 4.80. The number of nitrogens with zero attached hydrogens (tertiary/aromatic N) is 1. The van der Waals surface area contributed by atoms with Gasteiger partial charge in [-0.1, -0.05) is 24.3 Å². The molecular formula is C21H18N2O4S. The zero-order valence-corrected chi connectivity index (χ0v) is 16.0. The summed E-state index contributed by atoms with van der Waals surface area (Å²) in [5, 5.41) is 4.29. The van der Waals surface area contributed by atoms with Crippen LogP contribution >= 0.6 is 0 Å². The van der Waals surface area contributed by atoms with Crippen LogP contribution in [-0.4, -0.2) is 26.7 Å². The fourth-order valence-electron chi connectivity index (χ4n) is 3.41. The van der Waals surface area contributed by atoms with E-state index >= 15 is 0 Å². The number of carbonyl (C=O) groups excluding carboxylic acids is 2. The number of carbonyl (C=O) groups is 2. The van der Waals surface area contributed by atoms with Crippen LogP contribution in [0, 0.1) is 0 Å². The molecular weight excluding hydrogens is 376 g/mol. The van der Waals surface area contributed by atoms with Gasteiger partial charge in [-0.25, -0.2) is 8.42 Å². The molecule has 1 heterocycles. The lowest BCUT2D eigenvalue weighted by molar-refractivity contribution is -0.116. The monoisotopic (exact) mass is 394 g/mol. The first-order valence-corrected chi connectivity index (χ1v) is 10.3. The minimum absolute atomic E-state index is 0.0120. The summed E-state index contributed by atoms with van der Waals surface area (Å²) in [6.07, 6.45) is 0.0120. The van der Waals surface area contributed by atoms with Gasteiger partial charge >= 0.3 is 0 Å². The van der Waals surface area contributed by atoms with Crippen LogP contribution in [-0.2, 0) is 14.8 Å². The molecule has 1 aliphatic rings. The van der Waals surface area contributed by atoms with Crippen LogP contribution in [0.4, 0.5) is 11.4 Å². The molecule has 0 radical (unpaired) electrons. The second-order valence-electron chi connectivity index (χ2n) is 6.64. The van der Waals surface area contributed by atoms with Gasteiger partial charge in [0.15, 0.2) is 5.78 Å². The average Bonchev–Trinajstić information content (AvgIpc) is 2.89. The Hall–Kier alpha value is -3.19. The molecule has 0 atom stereocenters. The predicted octanol–water partition coefficient (Wildman–Crippen LogP) is 3.58. The van der Waals surface area contributed by atoms with Crippen molar-refractivity contribution < 1.29 is 18.0 Å². The van der Waals surface area contributed by atoms with Gasteiger partial charge in [-0.05, 0) is 48.7 Å². The van der Waals surface area contributed by atoms with Crippen molar-refractivity contribution in [3.63, 3.8) is 0 Å². The molecule has 6 nitrogen and oxygen atoms in total. The predicted molar refractivity (Wildman–Crippen MR) is 108 cm³/mol. The Morgan fingerprint density at radius 2 is 1.64 bits per heavy atom. The van der Waals surface area contributed by atoms with Gasteiger partial charge < -0.3 is 5.32 Å². The van der Waals surface area contributed by atoms with Crippen LogP contribution in [0.2, 0.25) is 0 Å². The molecule has 3 aromatic carbocycles. The maximum atomic E-state index is 12.9. The van der Waals surface area contributed by atoms with Crippen LogP contribution in [0.1, 0.15) is 23.7 Å². The number of hydrogen-bond acceptors (Lipinski definition) is 4. The van der Waals surface area contributed by atoms with Gasteiger partial charge in [0, 0.05) is 29.6 Å². The number of ketones is 1. The van der Waals surface area contributed by atoms with Crippen molar-refractivity contribution >= 4 is 43.9 Å². The highest BCUT2D eigenvalue weighted by molar-refractivity contribution is 7.93. The number of nitrogens with one attached hydrogen (secondary N) is 1. The molecule has 28 heavy (non-hydrogen) atoms. The average molecular weight is 394 g/mol. The van der Waals surface area contributed by atoms with E-state index in [1.54, 1.807) is 42.5 Å². The molecule has 142 valence electrons. The second-order valence-corrected chi connectivity index (χ2v) is 8.47. The van der Waals surface area contributed by atoms with E-state index < -0.39 is 10.0 Å². The number of benzene rings is 3. The second kappa shape index (κ2) is 6.76. The highest BCUT2D eigenvalue weighted by Gasteiger charge is 2.35. The normalized spacial score (nSPS) is 14.2. The van der Waals surface area contributed by atoms with Gasteiger partial charge in [0.1, 0.15) is 0 Å². The Morgan fingerprint density at radius 3 is 2.32 bits per heavy atom. The molecule has 0 bridgehead atoms. The minimum atomic E-state index is -3.67. The van der Waals surface area contributed by atoms with Gasteiger partial charge in [0.25, 0.3) is 10.0 Å². The fourth-order valence-corrected chi connectivity index (χ4v) is 5.12. The highest BCUT2D eigenvalue weighted by atomic mass is 32.2. The zero-order chi connectivity index (χ0) is 19.9. The quantitative estimate of drug-likeness (QED) is 0.671. The van der Waals surface area contributed by atoms with Gasteiger partial charge in [0.2, 0.25) is 5.91 Å². The Balaban J connectivity index is 1.50. The summed E-state index contributed by atoms with van der Waals surface area (Å²) in [4.78, 5) is 23.9. The molecule has 0 saturated heterocycles. The summed E-state index contributed by atoms with van der Waals surface area (Å²) in [6, 6.07) is 17.2. The SMILES string of the molecule is CC(=O)c1ccc(NC(=O)CCN2c3cccc4cccc(c34)S2(=O)=O)cc1. The molecule has 0 aliphatic carbocycles. The van der Waals surface area contributed by atoms with Gasteiger partial charge in [0.05, 0.1) is 10.6 Å². The smallest absolute Gasteiger partial charge is 0.265 e. The number of hydrogen-bond donors (Lipinski definition) is 1. The molecule has 0 saturated carbocycles. The van der Waals surface area contributed by atoms with Crippen molar-refractivity contribution in [2.24, 2.45) is 0 Å². The number of Topliss-reactive ketones (excluding diaryl/α,β-unsaturated/α-hetero) is 1. The molecule has 0 unspecified atom stereocenters. The van der Waals surface area contributed by atoms with E-state index in [0.717, 1.165) is 5.39 Å². The van der Waals surface area contributed by atoms with Crippen LogP contribution in [0.15, 0.2) is 65.6 Å². The Bertz CT molecular complexity index is 1200. The zero-order valence-electron chi connectivity index (χ0n) is 15.2. The first kappa shape index (κ1) is 18.2. The number of anilines is 2. The Morgan fingerprint density at radius 1 is 0.964 bits per heavy atom. The van der Waals surface area contributed by atoms with Crippen molar-refractivity contribution in [3.8, 4) is 0 Å². The molecule has 7 heteroatoms. The van der Waals surface area contributed by atoms with E-state index in [1.165, 1.54) is 11.2 Å². The van der Waals surface area contributed by atoms with E-state index in [4.69, 9.17) is 0 Å². The lowest BCUT2D eigenvalue weighted by Gasteiger charge is -2.18. The number of amides is 1. The lowest BCUT2D eigenvalue weighted by Crippen LogP contribution is -2.30. The molecule has 1 amide bonds. The van der Waals surface area contributed by atoms with Gasteiger partial charge in [-0.3, -0.25) is 13.9 Å². The molecule has 3 aromatic rings. The fraction of sp³-hybridized carbons (Fsp3) is 0.143. The van der Waals surface area contributed by atoms with Crippen LogP contribution in [0.5, 0.6) is 0 Å². The molecule has 0 spiro atoms. The summed E-state index contributed by atoms with van der Waals surface area (Å²) in [5.41, 5.74) is 1.73. The van der Waals surface area contributed by atoms with Gasteiger partial charge in [-0.2, -0.15) is 0 Å². The van der Waals surface area contributed by atoms with Crippen LogP contribution < -0.4 is 9.62 Å². The standard InChI is InChI=1S/C21H18N2O4S/c1-14(24)15-8-10-17(11-9-15)22-20(25)12-13-23-18-6-2-4-16-5-3-7-19(21(16)18)28(23,26)27/h2-11H,12-13H2,1H3,(H,22,25). The third-order valence-corrected chi connectivity index (χ3v) is 6.65. The van der Waals surface area contributed by atoms with Crippen molar-refractivity contribution in [3.05, 3.63) is 66.2 Å². The van der Waals surface area contributed by atoms with Crippen molar-refractivity contribution in [2.75, 3.05) is 16.2 Å². The highest BCUT2D eigenvalue weighted by Crippen LogP contribution is 2.41. The van der Waals surface area contributed by atoms with E-state index in [-0.39, 0.29) is 29.6 Å². The van der Waals surface area contributed by atoms with Crippen LogP contribution in [0.25, 0.3) is 10.8 Å². The van der Waals surface area contributed by atoms with Crippen molar-refractivity contribution in [2.45, 2.75) is 18.2 Å². The summed E-state index contributed by atoms with van der Waals surface area (Å²) in [5.74, 6) is -0.347. The first-order chi connectivity index (χ1) is 13.4. The maximum absolute atomic E-state index is 12.9. The molecule has 0 fully saturated rings. The molecule has 0 aromatic heterocycles. The maximum Gasteiger partial charge on any atom is 0.265 e. The topological polar surface area (TPSA) is 83.6 Å². The minimum Gasteiger partial charge on any atom is -0.326 e. The van der Waals surface area contributed by atoms with E-state index in [2.05, 4.69) is 5.32 Å². The van der Waals surface area contributed by atoms with E-state index in [9.17, 15) is 18.0 Å². The largest absolute Gasteiger partial charge is 0.326 e. The van der Waals surface area contributed by atoms with Crippen molar-refractivity contribution in [1.29, 1.82) is 0 Å². The molecule has 1 aliphatic heterocycles. The lowest BCUT2D eigenvalue weighted by atomic mass is 10.1.